The highest BCUT2D eigenvalue weighted by molar-refractivity contribution is 5.94. The zero-order valence-electron chi connectivity index (χ0n) is 15.3. The van der Waals surface area contributed by atoms with Crippen LogP contribution in [0, 0.1) is 5.92 Å². The second kappa shape index (κ2) is 8.85. The van der Waals surface area contributed by atoms with Gasteiger partial charge in [0.05, 0.1) is 19.1 Å². The van der Waals surface area contributed by atoms with E-state index in [0.717, 1.165) is 25.2 Å². The highest BCUT2D eigenvalue weighted by Crippen LogP contribution is 2.26. The minimum atomic E-state index is -0.293. The van der Waals surface area contributed by atoms with Crippen LogP contribution in [0.15, 0.2) is 24.3 Å². The van der Waals surface area contributed by atoms with Gasteiger partial charge in [-0.2, -0.15) is 0 Å². The Morgan fingerprint density at radius 1 is 1.36 bits per heavy atom. The van der Waals surface area contributed by atoms with E-state index in [4.69, 9.17) is 4.74 Å². The lowest BCUT2D eigenvalue weighted by Gasteiger charge is -2.21. The van der Waals surface area contributed by atoms with Crippen molar-refractivity contribution in [3.05, 3.63) is 29.8 Å². The summed E-state index contributed by atoms with van der Waals surface area (Å²) in [6, 6.07) is 7.51. The lowest BCUT2D eigenvalue weighted by molar-refractivity contribution is -0.143. The highest BCUT2D eigenvalue weighted by Gasteiger charge is 2.26. The van der Waals surface area contributed by atoms with Gasteiger partial charge in [-0.25, -0.2) is 0 Å². The van der Waals surface area contributed by atoms with Gasteiger partial charge in [-0.1, -0.05) is 0 Å². The Kier molecular flexibility index (Phi) is 6.82. The fourth-order valence-electron chi connectivity index (χ4n) is 3.04. The zero-order chi connectivity index (χ0) is 18.4. The molecule has 1 fully saturated rings. The minimum absolute atomic E-state index is 0.112. The third-order valence-corrected chi connectivity index (χ3v) is 4.69. The van der Waals surface area contributed by atoms with E-state index in [1.165, 1.54) is 4.90 Å². The van der Waals surface area contributed by atoms with Crippen LogP contribution < -0.4 is 4.90 Å². The van der Waals surface area contributed by atoms with Gasteiger partial charge in [0.2, 0.25) is 0 Å². The number of ether oxygens (including phenoxy) is 1. The number of aliphatic hydroxyl groups excluding tert-OH is 1. The number of carbonyl (C=O) groups excluding carboxylic acids is 2. The molecule has 1 N–H and O–H groups in total. The second-order valence-corrected chi connectivity index (χ2v) is 6.56. The third kappa shape index (κ3) is 5.19. The van der Waals surface area contributed by atoms with Crippen LogP contribution in [0.2, 0.25) is 0 Å². The largest absolute Gasteiger partial charge is 0.466 e. The molecule has 0 saturated carbocycles. The molecule has 0 spiro atoms. The van der Waals surface area contributed by atoms with E-state index in [0.29, 0.717) is 24.6 Å². The number of rotatable bonds is 7. The summed E-state index contributed by atoms with van der Waals surface area (Å²) in [7, 11) is 1.68. The molecule has 25 heavy (non-hydrogen) atoms. The quantitative estimate of drug-likeness (QED) is 0.763. The smallest absolute Gasteiger partial charge is 0.307 e. The van der Waals surface area contributed by atoms with Crippen molar-refractivity contribution in [1.29, 1.82) is 0 Å². The molecule has 2 atom stereocenters. The van der Waals surface area contributed by atoms with Crippen LogP contribution in [0.25, 0.3) is 0 Å². The Labute approximate surface area is 149 Å². The summed E-state index contributed by atoms with van der Waals surface area (Å²) < 4.78 is 4.88. The summed E-state index contributed by atoms with van der Waals surface area (Å²) >= 11 is 0. The lowest BCUT2D eigenvalue weighted by atomic mass is 10.0. The van der Waals surface area contributed by atoms with Gasteiger partial charge in [0, 0.05) is 43.9 Å². The molecule has 1 amide bonds. The van der Waals surface area contributed by atoms with Gasteiger partial charge in [0.1, 0.15) is 0 Å². The van der Waals surface area contributed by atoms with Crippen molar-refractivity contribution in [3.8, 4) is 0 Å². The van der Waals surface area contributed by atoms with E-state index in [1.807, 2.05) is 31.2 Å². The summed E-state index contributed by atoms with van der Waals surface area (Å²) in [4.78, 5) is 27.6. The topological polar surface area (TPSA) is 70.1 Å². The molecule has 1 heterocycles. The fraction of sp³-hybridized carbons (Fsp3) is 0.579. The molecule has 2 unspecified atom stereocenters. The van der Waals surface area contributed by atoms with Crippen LogP contribution in [-0.2, 0) is 9.53 Å². The SMILES string of the molecule is CCOC(=O)CCN(C)C(=O)c1ccc(N2CCC(C(C)O)C2)cc1. The van der Waals surface area contributed by atoms with Gasteiger partial charge in [-0.15, -0.1) is 0 Å². The molecule has 0 aliphatic carbocycles. The predicted molar refractivity (Wildman–Crippen MR) is 96.7 cm³/mol. The zero-order valence-corrected chi connectivity index (χ0v) is 15.3. The van der Waals surface area contributed by atoms with Crippen molar-refractivity contribution < 1.29 is 19.4 Å². The lowest BCUT2D eigenvalue weighted by Crippen LogP contribution is -2.29. The van der Waals surface area contributed by atoms with Crippen LogP contribution in [0.5, 0.6) is 0 Å². The van der Waals surface area contributed by atoms with Crippen LogP contribution in [-0.4, -0.2) is 61.3 Å². The number of aliphatic hydroxyl groups is 1. The first-order chi connectivity index (χ1) is 11.9. The van der Waals surface area contributed by atoms with E-state index in [-0.39, 0.29) is 24.4 Å². The number of nitrogens with zero attached hydrogens (tertiary/aromatic N) is 2. The molecule has 0 aromatic heterocycles. The molecule has 0 bridgehead atoms. The first-order valence-corrected chi connectivity index (χ1v) is 8.86. The number of anilines is 1. The maximum atomic E-state index is 12.4. The van der Waals surface area contributed by atoms with E-state index in [1.54, 1.807) is 14.0 Å². The Hall–Kier alpha value is -2.08. The van der Waals surface area contributed by atoms with Crippen molar-refractivity contribution in [2.24, 2.45) is 5.92 Å². The van der Waals surface area contributed by atoms with Crippen LogP contribution in [0.1, 0.15) is 37.0 Å². The van der Waals surface area contributed by atoms with Gasteiger partial charge >= 0.3 is 5.97 Å². The number of benzene rings is 1. The number of carbonyl (C=O) groups is 2. The van der Waals surface area contributed by atoms with Crippen molar-refractivity contribution >= 4 is 17.6 Å². The van der Waals surface area contributed by atoms with Gasteiger partial charge in [-0.05, 0) is 44.5 Å². The molecular weight excluding hydrogens is 320 g/mol. The van der Waals surface area contributed by atoms with Crippen LogP contribution in [0.3, 0.4) is 0 Å². The molecule has 1 aromatic rings. The summed E-state index contributed by atoms with van der Waals surface area (Å²) in [6.45, 7) is 6.04. The summed E-state index contributed by atoms with van der Waals surface area (Å²) in [6.07, 6.45) is 0.886. The molecule has 6 heteroatoms. The monoisotopic (exact) mass is 348 g/mol. The van der Waals surface area contributed by atoms with Gasteiger partial charge in [-0.3, -0.25) is 9.59 Å². The molecule has 1 aliphatic heterocycles. The second-order valence-electron chi connectivity index (χ2n) is 6.56. The standard InChI is InChI=1S/C19H28N2O4/c1-4-25-18(23)10-11-20(3)19(24)15-5-7-17(8-6-15)21-12-9-16(13-21)14(2)22/h5-8,14,16,22H,4,9-13H2,1-3H3. The average Bonchev–Trinajstić information content (AvgIpc) is 3.10. The molecule has 1 aromatic carbocycles. The first-order valence-electron chi connectivity index (χ1n) is 8.86. The Bertz CT molecular complexity index is 586. The average molecular weight is 348 g/mol. The van der Waals surface area contributed by atoms with E-state index < -0.39 is 0 Å². The molecule has 138 valence electrons. The minimum Gasteiger partial charge on any atom is -0.466 e. The number of esters is 1. The van der Waals surface area contributed by atoms with Gasteiger partial charge in [0.25, 0.3) is 5.91 Å². The van der Waals surface area contributed by atoms with E-state index in [9.17, 15) is 14.7 Å². The third-order valence-electron chi connectivity index (χ3n) is 4.69. The van der Waals surface area contributed by atoms with Crippen molar-refractivity contribution in [3.63, 3.8) is 0 Å². The fourth-order valence-corrected chi connectivity index (χ4v) is 3.04. The van der Waals surface area contributed by atoms with E-state index >= 15 is 0 Å². The predicted octanol–water partition coefficient (Wildman–Crippen LogP) is 1.92. The Balaban J connectivity index is 1.90. The van der Waals surface area contributed by atoms with Gasteiger partial charge in [0.15, 0.2) is 0 Å². The molecule has 6 nitrogen and oxygen atoms in total. The van der Waals surface area contributed by atoms with Crippen molar-refractivity contribution in [2.45, 2.75) is 32.8 Å². The summed E-state index contributed by atoms with van der Waals surface area (Å²) in [5, 5.41) is 9.71. The number of hydrogen-bond donors (Lipinski definition) is 1. The Morgan fingerprint density at radius 3 is 2.60 bits per heavy atom. The maximum Gasteiger partial charge on any atom is 0.307 e. The summed E-state index contributed by atoms with van der Waals surface area (Å²) in [5.74, 6) is -0.103. The molecular formula is C19H28N2O4. The molecule has 0 radical (unpaired) electrons. The number of amides is 1. The van der Waals surface area contributed by atoms with Crippen LogP contribution in [0.4, 0.5) is 5.69 Å². The first kappa shape index (κ1) is 19.2. The molecule has 2 rings (SSSR count). The normalized spacial score (nSPS) is 18.1. The van der Waals surface area contributed by atoms with Gasteiger partial charge < -0.3 is 19.6 Å². The number of hydrogen-bond acceptors (Lipinski definition) is 5. The van der Waals surface area contributed by atoms with Crippen molar-refractivity contribution in [2.75, 3.05) is 38.2 Å². The van der Waals surface area contributed by atoms with Crippen molar-refractivity contribution in [1.82, 2.24) is 4.90 Å². The highest BCUT2D eigenvalue weighted by atomic mass is 16.5. The summed E-state index contributed by atoms with van der Waals surface area (Å²) in [5.41, 5.74) is 1.66. The van der Waals surface area contributed by atoms with E-state index in [2.05, 4.69) is 4.90 Å². The maximum absolute atomic E-state index is 12.4. The molecule has 1 saturated heterocycles. The molecule has 1 aliphatic rings. The van der Waals surface area contributed by atoms with Crippen LogP contribution >= 0.6 is 0 Å². The Morgan fingerprint density at radius 2 is 2.04 bits per heavy atom.